The second-order valence-corrected chi connectivity index (χ2v) is 1.87. The Labute approximate surface area is 57.2 Å². The van der Waals surface area contributed by atoms with Crippen LogP contribution < -0.4 is 0 Å². The van der Waals surface area contributed by atoms with Crippen molar-refractivity contribution in [3.8, 4) is 0 Å². The lowest BCUT2D eigenvalue weighted by atomic mass is 10.5. The Balaban J connectivity index is 2.60. The Kier molecular flexibility index (Phi) is 7.85. The van der Waals surface area contributed by atoms with Crippen LogP contribution >= 0.6 is 0 Å². The van der Waals surface area contributed by atoms with Gasteiger partial charge in [0.25, 0.3) is 0 Å². The highest BCUT2D eigenvalue weighted by atomic mass is 16.5. The molecule has 0 saturated carbocycles. The van der Waals surface area contributed by atoms with Gasteiger partial charge in [0.1, 0.15) is 0 Å². The van der Waals surface area contributed by atoms with Gasteiger partial charge in [0, 0.05) is 19.8 Å². The lowest BCUT2D eigenvalue weighted by Gasteiger charge is -1.99. The number of hydrogen-bond acceptors (Lipinski definition) is 2. The zero-order valence-corrected chi connectivity index (χ0v) is 6.06. The molecule has 0 atom stereocenters. The zero-order valence-electron chi connectivity index (χ0n) is 6.06. The fraction of sp³-hybridized carbons (Fsp3) is 0.857. The van der Waals surface area contributed by atoms with E-state index in [0.717, 1.165) is 26.1 Å². The largest absolute Gasteiger partial charge is 0.381 e. The van der Waals surface area contributed by atoms with Gasteiger partial charge in [-0.3, -0.25) is 0 Å². The van der Waals surface area contributed by atoms with Crippen molar-refractivity contribution < 1.29 is 9.47 Å². The maximum atomic E-state index is 5.18. The number of ether oxygens (including phenoxy) is 2. The average Bonchev–Trinajstić information content (AvgIpc) is 1.89. The van der Waals surface area contributed by atoms with E-state index in [9.17, 15) is 0 Å². The maximum Gasteiger partial charge on any atom is 0.0700 e. The predicted octanol–water partition coefficient (Wildman–Crippen LogP) is 1.61. The lowest BCUT2D eigenvalue weighted by Crippen LogP contribution is -1.98. The van der Waals surface area contributed by atoms with Crippen LogP contribution in [-0.4, -0.2) is 19.8 Å². The van der Waals surface area contributed by atoms with E-state index in [4.69, 9.17) is 4.74 Å². The van der Waals surface area contributed by atoms with Crippen LogP contribution in [0.3, 0.4) is 0 Å². The quantitative estimate of drug-likeness (QED) is 0.510. The van der Waals surface area contributed by atoms with Crippen molar-refractivity contribution in [1.82, 2.24) is 0 Å². The summed E-state index contributed by atoms with van der Waals surface area (Å²) in [6.45, 7) is 4.45. The van der Waals surface area contributed by atoms with Gasteiger partial charge >= 0.3 is 0 Å². The normalized spacial score (nSPS) is 10.0. The molecule has 0 aromatic rings. The van der Waals surface area contributed by atoms with Crippen LogP contribution in [0.5, 0.6) is 0 Å². The lowest BCUT2D eigenvalue weighted by molar-refractivity contribution is 0.111. The molecule has 0 amide bonds. The topological polar surface area (TPSA) is 18.5 Å². The van der Waals surface area contributed by atoms with Gasteiger partial charge in [-0.2, -0.15) is 0 Å². The van der Waals surface area contributed by atoms with E-state index in [-0.39, 0.29) is 0 Å². The Morgan fingerprint density at radius 1 is 1.22 bits per heavy atom. The summed E-state index contributed by atoms with van der Waals surface area (Å²) in [6.07, 6.45) is 2.04. The molecular formula is C7H15O2. The molecule has 0 spiro atoms. The molecule has 0 rings (SSSR count). The van der Waals surface area contributed by atoms with Gasteiger partial charge in [-0.25, -0.2) is 0 Å². The van der Waals surface area contributed by atoms with E-state index >= 15 is 0 Å². The van der Waals surface area contributed by atoms with Crippen LogP contribution in [0.15, 0.2) is 0 Å². The summed E-state index contributed by atoms with van der Waals surface area (Å²) < 4.78 is 9.77. The summed E-state index contributed by atoms with van der Waals surface area (Å²) in [5.74, 6) is 0. The monoisotopic (exact) mass is 131 g/mol. The summed E-state index contributed by atoms with van der Waals surface area (Å²) in [5.41, 5.74) is 0. The highest BCUT2D eigenvalue weighted by Gasteiger charge is 1.84. The third kappa shape index (κ3) is 7.92. The first-order valence-electron chi connectivity index (χ1n) is 3.36. The molecule has 0 unspecified atom stereocenters. The third-order valence-corrected chi connectivity index (χ3v) is 0.926. The van der Waals surface area contributed by atoms with Crippen LogP contribution in [0.25, 0.3) is 0 Å². The molecule has 0 aliphatic carbocycles. The van der Waals surface area contributed by atoms with Gasteiger partial charge in [0.2, 0.25) is 0 Å². The number of rotatable bonds is 6. The number of hydrogen-bond donors (Lipinski definition) is 0. The summed E-state index contributed by atoms with van der Waals surface area (Å²) >= 11 is 0. The minimum Gasteiger partial charge on any atom is -0.381 e. The second-order valence-electron chi connectivity index (χ2n) is 1.87. The summed E-state index contributed by atoms with van der Waals surface area (Å²) in [6, 6.07) is 0. The van der Waals surface area contributed by atoms with E-state index in [1.807, 2.05) is 0 Å². The molecule has 0 aromatic carbocycles. The SMILES string of the molecule is [CH2]OCCCOCCC. The van der Waals surface area contributed by atoms with Crippen LogP contribution in [0.1, 0.15) is 19.8 Å². The van der Waals surface area contributed by atoms with Crippen molar-refractivity contribution in [2.24, 2.45) is 0 Å². The Hall–Kier alpha value is -0.0800. The molecule has 2 nitrogen and oxygen atoms in total. The molecule has 0 aliphatic heterocycles. The molecule has 0 fully saturated rings. The van der Waals surface area contributed by atoms with E-state index in [2.05, 4.69) is 18.8 Å². The smallest absolute Gasteiger partial charge is 0.0700 e. The zero-order chi connectivity index (χ0) is 6.95. The van der Waals surface area contributed by atoms with E-state index in [1.54, 1.807) is 0 Å². The molecule has 1 radical (unpaired) electrons. The molecule has 0 aromatic heterocycles. The first-order valence-corrected chi connectivity index (χ1v) is 3.36. The van der Waals surface area contributed by atoms with Crippen molar-refractivity contribution in [3.63, 3.8) is 0 Å². The van der Waals surface area contributed by atoms with Gasteiger partial charge in [0.05, 0.1) is 7.11 Å². The minimum absolute atomic E-state index is 0.698. The highest BCUT2D eigenvalue weighted by molar-refractivity contribution is 4.33. The van der Waals surface area contributed by atoms with E-state index in [1.165, 1.54) is 0 Å². The fourth-order valence-electron chi connectivity index (χ4n) is 0.509. The van der Waals surface area contributed by atoms with Crippen molar-refractivity contribution in [1.29, 1.82) is 0 Å². The molecule has 0 aliphatic rings. The summed E-state index contributed by atoms with van der Waals surface area (Å²) in [4.78, 5) is 0. The first kappa shape index (κ1) is 8.92. The molecule has 9 heavy (non-hydrogen) atoms. The molecule has 55 valence electrons. The van der Waals surface area contributed by atoms with Crippen molar-refractivity contribution in [3.05, 3.63) is 7.11 Å². The Bertz CT molecular complexity index is 40.2. The minimum atomic E-state index is 0.698. The second kappa shape index (κ2) is 7.92. The Morgan fingerprint density at radius 2 is 2.00 bits per heavy atom. The molecule has 0 heterocycles. The first-order chi connectivity index (χ1) is 4.41. The van der Waals surface area contributed by atoms with Gasteiger partial charge in [-0.05, 0) is 12.8 Å². The third-order valence-electron chi connectivity index (χ3n) is 0.926. The predicted molar refractivity (Wildman–Crippen MR) is 37.0 cm³/mol. The van der Waals surface area contributed by atoms with Crippen LogP contribution in [0, 0.1) is 7.11 Å². The highest BCUT2D eigenvalue weighted by Crippen LogP contribution is 1.85. The molecule has 0 bridgehead atoms. The Morgan fingerprint density at radius 3 is 2.56 bits per heavy atom. The molecule has 0 N–H and O–H groups in total. The average molecular weight is 131 g/mol. The van der Waals surface area contributed by atoms with Crippen molar-refractivity contribution in [2.75, 3.05) is 19.8 Å². The standard InChI is InChI=1S/C7H15O2/c1-3-5-9-7-4-6-8-2/h2-7H2,1H3. The van der Waals surface area contributed by atoms with Gasteiger partial charge < -0.3 is 9.47 Å². The van der Waals surface area contributed by atoms with Crippen molar-refractivity contribution >= 4 is 0 Å². The summed E-state index contributed by atoms with van der Waals surface area (Å²) in [7, 11) is 3.25. The molecule has 0 saturated heterocycles. The molecule has 2 heteroatoms. The van der Waals surface area contributed by atoms with Gasteiger partial charge in [-0.15, -0.1) is 0 Å². The van der Waals surface area contributed by atoms with Crippen LogP contribution in [0.2, 0.25) is 0 Å². The fourth-order valence-corrected chi connectivity index (χ4v) is 0.509. The van der Waals surface area contributed by atoms with Crippen LogP contribution in [-0.2, 0) is 9.47 Å². The van der Waals surface area contributed by atoms with E-state index < -0.39 is 0 Å². The molecular weight excluding hydrogens is 116 g/mol. The van der Waals surface area contributed by atoms with Crippen molar-refractivity contribution in [2.45, 2.75) is 19.8 Å². The summed E-state index contributed by atoms with van der Waals surface area (Å²) in [5, 5.41) is 0. The van der Waals surface area contributed by atoms with E-state index in [0.29, 0.717) is 6.61 Å². The van der Waals surface area contributed by atoms with Crippen LogP contribution in [0.4, 0.5) is 0 Å². The maximum absolute atomic E-state index is 5.18. The van der Waals surface area contributed by atoms with Gasteiger partial charge in [-0.1, -0.05) is 6.92 Å². The van der Waals surface area contributed by atoms with Gasteiger partial charge in [0.15, 0.2) is 0 Å².